The van der Waals surface area contributed by atoms with Crippen molar-refractivity contribution < 1.29 is 9.13 Å². The van der Waals surface area contributed by atoms with Crippen LogP contribution in [0.15, 0.2) is 53.3 Å². The molecule has 1 atom stereocenters. The number of pyridine rings is 1. The second-order valence-corrected chi connectivity index (χ2v) is 9.65. The maximum absolute atomic E-state index is 13.6. The van der Waals surface area contributed by atoms with Gasteiger partial charge in [0.2, 0.25) is 0 Å². The van der Waals surface area contributed by atoms with Crippen LogP contribution in [-0.2, 0) is 18.6 Å². The molecule has 0 saturated carbocycles. The zero-order valence-corrected chi connectivity index (χ0v) is 20.7. The second kappa shape index (κ2) is 9.95. The Kier molecular flexibility index (Phi) is 6.98. The SMILES string of the molecule is CC[C@@H](c1nnnn1C(C)(C)C)N(Cc1ccc(F)cc1)Cc1cc2ccc(OC)cc2[nH]c1=O. The van der Waals surface area contributed by atoms with Crippen molar-refractivity contribution in [2.75, 3.05) is 7.11 Å². The Morgan fingerprint density at radius 3 is 2.51 bits per heavy atom. The van der Waals surface area contributed by atoms with Gasteiger partial charge in [0.15, 0.2) is 5.82 Å². The lowest BCUT2D eigenvalue weighted by Gasteiger charge is -2.32. The Bertz CT molecular complexity index is 1360. The molecule has 8 nitrogen and oxygen atoms in total. The number of nitrogens with zero attached hydrogens (tertiary/aromatic N) is 5. The van der Waals surface area contributed by atoms with E-state index in [-0.39, 0.29) is 23.0 Å². The predicted molar refractivity (Wildman–Crippen MR) is 133 cm³/mol. The summed E-state index contributed by atoms with van der Waals surface area (Å²) in [6.45, 7) is 9.07. The maximum Gasteiger partial charge on any atom is 0.252 e. The highest BCUT2D eigenvalue weighted by Gasteiger charge is 2.29. The normalized spacial score (nSPS) is 12.9. The molecule has 0 spiro atoms. The lowest BCUT2D eigenvalue weighted by atomic mass is 10.0. The van der Waals surface area contributed by atoms with Gasteiger partial charge in [-0.15, -0.1) is 5.10 Å². The molecule has 0 aliphatic carbocycles. The summed E-state index contributed by atoms with van der Waals surface area (Å²) >= 11 is 0. The van der Waals surface area contributed by atoms with Gasteiger partial charge in [-0.1, -0.05) is 19.1 Å². The van der Waals surface area contributed by atoms with Crippen LogP contribution in [0.4, 0.5) is 4.39 Å². The van der Waals surface area contributed by atoms with Gasteiger partial charge in [0.1, 0.15) is 11.6 Å². The number of hydrogen-bond acceptors (Lipinski definition) is 6. The highest BCUT2D eigenvalue weighted by atomic mass is 19.1. The quantitative estimate of drug-likeness (QED) is 0.399. The van der Waals surface area contributed by atoms with Crippen LogP contribution in [-0.4, -0.2) is 37.2 Å². The van der Waals surface area contributed by atoms with E-state index in [4.69, 9.17) is 4.74 Å². The first kappa shape index (κ1) is 24.5. The summed E-state index contributed by atoms with van der Waals surface area (Å²) < 4.78 is 20.7. The minimum atomic E-state index is -0.312. The number of halogens is 1. The molecule has 1 N–H and O–H groups in total. The molecular formula is C26H31FN6O2. The Morgan fingerprint density at radius 1 is 1.11 bits per heavy atom. The third-order valence-corrected chi connectivity index (χ3v) is 6.06. The van der Waals surface area contributed by atoms with E-state index >= 15 is 0 Å². The molecule has 0 amide bonds. The monoisotopic (exact) mass is 478 g/mol. The summed E-state index contributed by atoms with van der Waals surface area (Å²) in [5.74, 6) is 1.12. The van der Waals surface area contributed by atoms with Gasteiger partial charge in [0.05, 0.1) is 24.2 Å². The summed E-state index contributed by atoms with van der Waals surface area (Å²) in [6, 6.07) is 13.8. The fraction of sp³-hybridized carbons (Fsp3) is 0.385. The van der Waals surface area contributed by atoms with Crippen LogP contribution >= 0.6 is 0 Å². The molecule has 0 bridgehead atoms. The maximum atomic E-state index is 13.6. The number of rotatable bonds is 8. The number of H-pyrrole nitrogens is 1. The first-order chi connectivity index (χ1) is 16.7. The molecule has 0 fully saturated rings. The molecule has 0 unspecified atom stereocenters. The second-order valence-electron chi connectivity index (χ2n) is 9.65. The molecule has 9 heteroatoms. The van der Waals surface area contributed by atoms with Crippen LogP contribution in [0.3, 0.4) is 0 Å². The van der Waals surface area contributed by atoms with Crippen molar-refractivity contribution in [3.05, 3.63) is 81.7 Å². The van der Waals surface area contributed by atoms with Crippen molar-refractivity contribution in [2.45, 2.75) is 58.8 Å². The van der Waals surface area contributed by atoms with Gasteiger partial charge in [-0.3, -0.25) is 9.69 Å². The standard InChI is InChI=1S/C26H31FN6O2/c1-6-23(24-29-30-31-33(24)26(2,3)4)32(15-17-7-10-20(27)11-8-17)16-19-13-18-9-12-21(35-5)14-22(18)28-25(19)34/h7-14,23H,6,15-16H2,1-5H3,(H,28,34)/t23-/m0/s1. The fourth-order valence-electron chi connectivity index (χ4n) is 4.27. The number of hydrogen-bond donors (Lipinski definition) is 1. The van der Waals surface area contributed by atoms with E-state index in [1.807, 2.05) is 49.7 Å². The van der Waals surface area contributed by atoms with Crippen LogP contribution in [0.1, 0.15) is 57.1 Å². The number of nitrogens with one attached hydrogen (secondary N) is 1. The zero-order chi connectivity index (χ0) is 25.2. The van der Waals surface area contributed by atoms with Crippen molar-refractivity contribution >= 4 is 10.9 Å². The van der Waals surface area contributed by atoms with Crippen LogP contribution in [0, 0.1) is 5.82 Å². The number of ether oxygens (including phenoxy) is 1. The topological polar surface area (TPSA) is 88.9 Å². The predicted octanol–water partition coefficient (Wildman–Crippen LogP) is 4.57. The molecule has 0 aliphatic heterocycles. The number of fused-ring (bicyclic) bond motifs is 1. The third-order valence-electron chi connectivity index (χ3n) is 6.06. The minimum Gasteiger partial charge on any atom is -0.497 e. The molecule has 0 aliphatic rings. The van der Waals surface area contributed by atoms with E-state index in [1.54, 1.807) is 19.2 Å². The smallest absolute Gasteiger partial charge is 0.252 e. The van der Waals surface area contributed by atoms with Crippen molar-refractivity contribution in [2.24, 2.45) is 0 Å². The van der Waals surface area contributed by atoms with Crippen molar-refractivity contribution in [3.8, 4) is 5.75 Å². The number of tetrazole rings is 1. The molecule has 0 radical (unpaired) electrons. The zero-order valence-electron chi connectivity index (χ0n) is 20.7. The average molecular weight is 479 g/mol. The molecule has 35 heavy (non-hydrogen) atoms. The van der Waals surface area contributed by atoms with Crippen LogP contribution in [0.2, 0.25) is 0 Å². The number of aromatic nitrogens is 5. The Labute approximate surface area is 203 Å². The van der Waals surface area contributed by atoms with Gasteiger partial charge >= 0.3 is 0 Å². The van der Waals surface area contributed by atoms with Crippen LogP contribution in [0.5, 0.6) is 5.75 Å². The molecule has 2 heterocycles. The Hall–Kier alpha value is -3.59. The number of methoxy groups -OCH3 is 1. The van der Waals surface area contributed by atoms with Crippen molar-refractivity contribution in [1.29, 1.82) is 0 Å². The lowest BCUT2D eigenvalue weighted by Crippen LogP contribution is -2.35. The van der Waals surface area contributed by atoms with Gasteiger partial charge in [0.25, 0.3) is 5.56 Å². The molecule has 0 saturated heterocycles. The largest absolute Gasteiger partial charge is 0.497 e. The van der Waals surface area contributed by atoms with Gasteiger partial charge in [-0.05, 0) is 78.9 Å². The molecule has 2 aromatic carbocycles. The summed E-state index contributed by atoms with van der Waals surface area (Å²) in [4.78, 5) is 18.2. The molecule has 4 aromatic rings. The molecule has 2 aromatic heterocycles. The van der Waals surface area contributed by atoms with Gasteiger partial charge in [-0.2, -0.15) is 0 Å². The van der Waals surface area contributed by atoms with E-state index < -0.39 is 0 Å². The van der Waals surface area contributed by atoms with Gasteiger partial charge in [0, 0.05) is 24.7 Å². The van der Waals surface area contributed by atoms with Gasteiger partial charge in [-0.25, -0.2) is 9.07 Å². The average Bonchev–Trinajstić information content (AvgIpc) is 3.31. The third kappa shape index (κ3) is 5.40. The first-order valence-electron chi connectivity index (χ1n) is 11.7. The molecule has 4 rings (SSSR count). The summed E-state index contributed by atoms with van der Waals surface area (Å²) in [7, 11) is 1.59. The highest BCUT2D eigenvalue weighted by Crippen LogP contribution is 2.29. The van der Waals surface area contributed by atoms with E-state index in [0.29, 0.717) is 29.9 Å². The fourth-order valence-corrected chi connectivity index (χ4v) is 4.27. The van der Waals surface area contributed by atoms with E-state index in [1.165, 1.54) is 12.1 Å². The van der Waals surface area contributed by atoms with Gasteiger partial charge < -0.3 is 9.72 Å². The van der Waals surface area contributed by atoms with E-state index in [2.05, 4.69) is 32.3 Å². The highest BCUT2D eigenvalue weighted by molar-refractivity contribution is 5.80. The van der Waals surface area contributed by atoms with Crippen molar-refractivity contribution in [3.63, 3.8) is 0 Å². The molecule has 184 valence electrons. The first-order valence-corrected chi connectivity index (χ1v) is 11.7. The van der Waals surface area contributed by atoms with Crippen molar-refractivity contribution in [1.82, 2.24) is 30.1 Å². The number of benzene rings is 2. The molecular weight excluding hydrogens is 447 g/mol. The Balaban J connectivity index is 1.76. The number of aromatic amines is 1. The summed E-state index contributed by atoms with van der Waals surface area (Å²) in [6.07, 6.45) is 0.723. The van der Waals surface area contributed by atoms with E-state index in [0.717, 1.165) is 23.2 Å². The summed E-state index contributed by atoms with van der Waals surface area (Å²) in [5.41, 5.74) is 1.79. The Morgan fingerprint density at radius 2 is 1.86 bits per heavy atom. The lowest BCUT2D eigenvalue weighted by molar-refractivity contribution is 0.153. The minimum absolute atomic E-state index is 0.166. The van der Waals surface area contributed by atoms with E-state index in [9.17, 15) is 9.18 Å². The van der Waals surface area contributed by atoms with Crippen LogP contribution < -0.4 is 10.3 Å². The summed E-state index contributed by atoms with van der Waals surface area (Å²) in [5, 5.41) is 13.5. The van der Waals surface area contributed by atoms with Crippen LogP contribution in [0.25, 0.3) is 10.9 Å².